The third kappa shape index (κ3) is 3.94. The standard InChI is InChI=1S/C14H12F3N3O2/c15-14(16,17)11-3-1-10(2-4-11)13(22)19-7-8-20-9-18-6-5-12(20)21/h1-6,9H,7-8H2,(H,19,22). The van der Waals surface area contributed by atoms with E-state index in [9.17, 15) is 22.8 Å². The Hall–Kier alpha value is -2.64. The minimum Gasteiger partial charge on any atom is -0.350 e. The van der Waals surface area contributed by atoms with E-state index in [2.05, 4.69) is 10.3 Å². The summed E-state index contributed by atoms with van der Waals surface area (Å²) in [6.07, 6.45) is -1.73. The van der Waals surface area contributed by atoms with Crippen LogP contribution in [0.1, 0.15) is 15.9 Å². The predicted octanol–water partition coefficient (Wildman–Crippen LogP) is 1.69. The van der Waals surface area contributed by atoms with Crippen molar-refractivity contribution in [3.05, 3.63) is 64.3 Å². The van der Waals surface area contributed by atoms with Gasteiger partial charge in [-0.15, -0.1) is 0 Å². The molecule has 0 saturated carbocycles. The number of carbonyl (C=O) groups is 1. The molecule has 8 heteroatoms. The summed E-state index contributed by atoms with van der Waals surface area (Å²) in [6, 6.07) is 5.20. The molecule has 2 rings (SSSR count). The van der Waals surface area contributed by atoms with Crippen molar-refractivity contribution >= 4 is 5.91 Å². The molecule has 0 aliphatic carbocycles. The molecule has 0 unspecified atom stereocenters. The highest BCUT2D eigenvalue weighted by Gasteiger charge is 2.30. The van der Waals surface area contributed by atoms with Gasteiger partial charge in [-0.05, 0) is 24.3 Å². The largest absolute Gasteiger partial charge is 0.416 e. The highest BCUT2D eigenvalue weighted by molar-refractivity contribution is 5.94. The van der Waals surface area contributed by atoms with Gasteiger partial charge in [0.25, 0.3) is 11.5 Å². The van der Waals surface area contributed by atoms with Crippen LogP contribution in [-0.4, -0.2) is 22.0 Å². The zero-order valence-corrected chi connectivity index (χ0v) is 11.3. The fraction of sp³-hybridized carbons (Fsp3) is 0.214. The average Bonchev–Trinajstić information content (AvgIpc) is 2.48. The van der Waals surface area contributed by atoms with E-state index in [0.717, 1.165) is 24.3 Å². The Labute approximate surface area is 123 Å². The van der Waals surface area contributed by atoms with Crippen LogP contribution >= 0.6 is 0 Å². The Morgan fingerprint density at radius 3 is 2.45 bits per heavy atom. The molecule has 116 valence electrons. The molecule has 0 bridgehead atoms. The zero-order chi connectivity index (χ0) is 16.2. The van der Waals surface area contributed by atoms with E-state index < -0.39 is 17.6 Å². The van der Waals surface area contributed by atoms with E-state index in [1.165, 1.54) is 23.2 Å². The van der Waals surface area contributed by atoms with Gasteiger partial charge in [-0.25, -0.2) is 4.98 Å². The molecule has 0 aliphatic heterocycles. The molecule has 0 spiro atoms. The monoisotopic (exact) mass is 311 g/mol. The topological polar surface area (TPSA) is 64.0 Å². The molecule has 0 fully saturated rings. The van der Waals surface area contributed by atoms with Crippen LogP contribution in [0.3, 0.4) is 0 Å². The maximum atomic E-state index is 12.4. The van der Waals surface area contributed by atoms with Crippen LogP contribution < -0.4 is 10.9 Å². The van der Waals surface area contributed by atoms with Gasteiger partial charge in [0.05, 0.1) is 11.9 Å². The van der Waals surface area contributed by atoms with Crippen LogP contribution in [0.5, 0.6) is 0 Å². The molecule has 0 radical (unpaired) electrons. The van der Waals surface area contributed by atoms with E-state index in [4.69, 9.17) is 0 Å². The van der Waals surface area contributed by atoms with E-state index in [1.54, 1.807) is 0 Å². The number of nitrogens with zero attached hydrogens (tertiary/aromatic N) is 2. The van der Waals surface area contributed by atoms with E-state index in [1.807, 2.05) is 0 Å². The van der Waals surface area contributed by atoms with Gasteiger partial charge in [-0.3, -0.25) is 14.2 Å². The highest BCUT2D eigenvalue weighted by Crippen LogP contribution is 2.28. The Balaban J connectivity index is 1.93. The number of alkyl halides is 3. The Kier molecular flexibility index (Phi) is 4.59. The second-order valence-corrected chi connectivity index (χ2v) is 4.44. The van der Waals surface area contributed by atoms with Gasteiger partial charge in [0.2, 0.25) is 0 Å². The summed E-state index contributed by atoms with van der Waals surface area (Å²) in [5.74, 6) is -0.509. The smallest absolute Gasteiger partial charge is 0.350 e. The SMILES string of the molecule is O=C(NCCn1cnccc1=O)c1ccc(C(F)(F)F)cc1. The van der Waals surface area contributed by atoms with Gasteiger partial charge < -0.3 is 5.32 Å². The number of aromatic nitrogens is 2. The normalized spacial score (nSPS) is 11.2. The van der Waals surface area contributed by atoms with Crippen LogP contribution in [0, 0.1) is 0 Å². The lowest BCUT2D eigenvalue weighted by atomic mass is 10.1. The summed E-state index contributed by atoms with van der Waals surface area (Å²) >= 11 is 0. The lowest BCUT2D eigenvalue weighted by Gasteiger charge is -2.09. The molecule has 1 aromatic carbocycles. The summed E-state index contributed by atoms with van der Waals surface area (Å²) < 4.78 is 38.5. The van der Waals surface area contributed by atoms with Crippen molar-refractivity contribution in [2.45, 2.75) is 12.7 Å². The number of hydrogen-bond donors (Lipinski definition) is 1. The maximum Gasteiger partial charge on any atom is 0.416 e. The molecule has 1 aromatic heterocycles. The van der Waals surface area contributed by atoms with Crippen LogP contribution in [-0.2, 0) is 12.7 Å². The summed E-state index contributed by atoms with van der Waals surface area (Å²) in [5, 5.41) is 2.53. The summed E-state index contributed by atoms with van der Waals surface area (Å²) in [7, 11) is 0. The predicted molar refractivity (Wildman–Crippen MR) is 72.3 cm³/mol. The molecular formula is C14H12F3N3O2. The Morgan fingerprint density at radius 1 is 1.18 bits per heavy atom. The number of amides is 1. The molecule has 0 atom stereocenters. The lowest BCUT2D eigenvalue weighted by molar-refractivity contribution is -0.137. The first kappa shape index (κ1) is 15.7. The molecule has 0 saturated heterocycles. The lowest BCUT2D eigenvalue weighted by Crippen LogP contribution is -2.30. The minimum atomic E-state index is -4.43. The summed E-state index contributed by atoms with van der Waals surface area (Å²) in [6.45, 7) is 0.379. The van der Waals surface area contributed by atoms with Gasteiger partial charge in [0.1, 0.15) is 0 Å². The van der Waals surface area contributed by atoms with Gasteiger partial charge in [0.15, 0.2) is 0 Å². The highest BCUT2D eigenvalue weighted by atomic mass is 19.4. The number of carbonyl (C=O) groups excluding carboxylic acids is 1. The van der Waals surface area contributed by atoms with Crippen molar-refractivity contribution in [2.75, 3.05) is 6.54 Å². The van der Waals surface area contributed by atoms with Crippen molar-refractivity contribution < 1.29 is 18.0 Å². The van der Waals surface area contributed by atoms with Gasteiger partial charge >= 0.3 is 6.18 Å². The van der Waals surface area contributed by atoms with E-state index in [-0.39, 0.29) is 24.2 Å². The molecular weight excluding hydrogens is 299 g/mol. The molecule has 22 heavy (non-hydrogen) atoms. The average molecular weight is 311 g/mol. The number of nitrogens with one attached hydrogen (secondary N) is 1. The first-order valence-corrected chi connectivity index (χ1v) is 6.34. The molecule has 5 nitrogen and oxygen atoms in total. The molecule has 1 heterocycles. The molecule has 0 aliphatic rings. The van der Waals surface area contributed by atoms with Crippen molar-refractivity contribution in [2.24, 2.45) is 0 Å². The molecule has 2 aromatic rings. The van der Waals surface area contributed by atoms with Crippen LogP contribution in [0.25, 0.3) is 0 Å². The van der Waals surface area contributed by atoms with Crippen LogP contribution in [0.15, 0.2) is 47.7 Å². The third-order valence-electron chi connectivity index (χ3n) is 2.90. The molecule has 1 amide bonds. The van der Waals surface area contributed by atoms with Crippen LogP contribution in [0.2, 0.25) is 0 Å². The third-order valence-corrected chi connectivity index (χ3v) is 2.90. The van der Waals surface area contributed by atoms with Crippen molar-refractivity contribution in [3.8, 4) is 0 Å². The Morgan fingerprint density at radius 2 is 1.86 bits per heavy atom. The second kappa shape index (κ2) is 6.42. The first-order valence-electron chi connectivity index (χ1n) is 6.34. The van der Waals surface area contributed by atoms with Gasteiger partial charge in [-0.1, -0.05) is 0 Å². The van der Waals surface area contributed by atoms with E-state index >= 15 is 0 Å². The second-order valence-electron chi connectivity index (χ2n) is 4.44. The maximum absolute atomic E-state index is 12.4. The van der Waals surface area contributed by atoms with Crippen LogP contribution in [0.4, 0.5) is 13.2 Å². The Bertz CT molecular complexity index is 708. The van der Waals surface area contributed by atoms with Gasteiger partial charge in [0, 0.05) is 30.9 Å². The number of rotatable bonds is 4. The van der Waals surface area contributed by atoms with Crippen molar-refractivity contribution in [3.63, 3.8) is 0 Å². The minimum absolute atomic E-state index is 0.117. The summed E-state index contributed by atoms with van der Waals surface area (Å²) in [5.41, 5.74) is -0.948. The number of hydrogen-bond acceptors (Lipinski definition) is 3. The van der Waals surface area contributed by atoms with Crippen molar-refractivity contribution in [1.82, 2.24) is 14.9 Å². The fourth-order valence-electron chi connectivity index (χ4n) is 1.75. The number of halogens is 3. The molecule has 1 N–H and O–H groups in total. The summed E-state index contributed by atoms with van der Waals surface area (Å²) in [4.78, 5) is 27.0. The first-order chi connectivity index (χ1) is 10.4. The quantitative estimate of drug-likeness (QED) is 0.934. The zero-order valence-electron chi connectivity index (χ0n) is 11.3. The fourth-order valence-corrected chi connectivity index (χ4v) is 1.75. The van der Waals surface area contributed by atoms with E-state index in [0.29, 0.717) is 0 Å². The number of benzene rings is 1. The van der Waals surface area contributed by atoms with Crippen molar-refractivity contribution in [1.29, 1.82) is 0 Å². The van der Waals surface area contributed by atoms with Gasteiger partial charge in [-0.2, -0.15) is 13.2 Å².